The van der Waals surface area contributed by atoms with Gasteiger partial charge in [0.2, 0.25) is 0 Å². The first-order valence-electron chi connectivity index (χ1n) is 8.49. The van der Waals surface area contributed by atoms with Crippen LogP contribution in [-0.4, -0.2) is 9.55 Å². The van der Waals surface area contributed by atoms with E-state index in [4.69, 9.17) is 4.98 Å². The third-order valence-corrected chi connectivity index (χ3v) is 5.33. The Morgan fingerprint density at radius 1 is 0.923 bits per heavy atom. The first-order valence-corrected chi connectivity index (χ1v) is 8.49. The largest absolute Gasteiger partial charge is 0.268 e. The molecule has 4 heteroatoms. The SMILES string of the molecule is CC1(c2ccc(F)cc2)c2ccccc2-n2c1nc1ccccc1c2=O. The summed E-state index contributed by atoms with van der Waals surface area (Å²) in [6.45, 7) is 2.04. The van der Waals surface area contributed by atoms with Crippen LogP contribution in [0.25, 0.3) is 16.6 Å². The Balaban J connectivity index is 1.95. The highest BCUT2D eigenvalue weighted by Gasteiger charge is 2.43. The molecule has 3 aromatic carbocycles. The van der Waals surface area contributed by atoms with Crippen LogP contribution in [0.4, 0.5) is 4.39 Å². The summed E-state index contributed by atoms with van der Waals surface area (Å²) in [7, 11) is 0. The van der Waals surface area contributed by atoms with Crippen molar-refractivity contribution < 1.29 is 4.39 Å². The van der Waals surface area contributed by atoms with Crippen molar-refractivity contribution in [2.24, 2.45) is 0 Å². The molecule has 0 fully saturated rings. The molecule has 5 rings (SSSR count). The molecule has 4 aromatic rings. The van der Waals surface area contributed by atoms with Gasteiger partial charge in [-0.2, -0.15) is 0 Å². The number of rotatable bonds is 1. The average molecular weight is 342 g/mol. The molecule has 1 aliphatic rings. The molecular formula is C22H15FN2O. The minimum Gasteiger partial charge on any atom is -0.268 e. The maximum atomic E-state index is 13.5. The summed E-state index contributed by atoms with van der Waals surface area (Å²) in [5, 5.41) is 0.592. The average Bonchev–Trinajstić information content (AvgIpc) is 2.93. The van der Waals surface area contributed by atoms with E-state index in [2.05, 4.69) is 0 Å². The number of benzene rings is 3. The summed E-state index contributed by atoms with van der Waals surface area (Å²) in [5.41, 5.74) is 2.69. The fourth-order valence-electron chi connectivity index (χ4n) is 3.97. The van der Waals surface area contributed by atoms with E-state index in [1.54, 1.807) is 22.8 Å². The van der Waals surface area contributed by atoms with Crippen LogP contribution in [0.5, 0.6) is 0 Å². The van der Waals surface area contributed by atoms with Crippen LogP contribution in [0.3, 0.4) is 0 Å². The zero-order chi connectivity index (χ0) is 17.9. The normalized spacial score (nSPS) is 17.9. The van der Waals surface area contributed by atoms with E-state index in [0.29, 0.717) is 16.7 Å². The summed E-state index contributed by atoms with van der Waals surface area (Å²) in [4.78, 5) is 18.1. The van der Waals surface area contributed by atoms with E-state index >= 15 is 0 Å². The van der Waals surface area contributed by atoms with Crippen LogP contribution < -0.4 is 5.56 Å². The molecule has 0 saturated carbocycles. The van der Waals surface area contributed by atoms with E-state index < -0.39 is 5.41 Å². The highest BCUT2D eigenvalue weighted by Crippen LogP contribution is 2.45. The number of hydrogen-bond donors (Lipinski definition) is 0. The summed E-state index contributed by atoms with van der Waals surface area (Å²) in [6, 6.07) is 21.6. The summed E-state index contributed by atoms with van der Waals surface area (Å²) < 4.78 is 15.2. The van der Waals surface area contributed by atoms with Crippen molar-refractivity contribution in [3.8, 4) is 5.69 Å². The molecule has 0 saturated heterocycles. The lowest BCUT2D eigenvalue weighted by molar-refractivity contribution is 0.618. The van der Waals surface area contributed by atoms with Crippen molar-refractivity contribution in [2.75, 3.05) is 0 Å². The molecule has 1 unspecified atom stereocenters. The van der Waals surface area contributed by atoms with Crippen LogP contribution in [0.1, 0.15) is 23.9 Å². The van der Waals surface area contributed by atoms with Gasteiger partial charge in [-0.3, -0.25) is 9.36 Å². The van der Waals surface area contributed by atoms with Crippen LogP contribution in [-0.2, 0) is 5.41 Å². The maximum Gasteiger partial charge on any atom is 0.266 e. The number of halogens is 1. The lowest BCUT2D eigenvalue weighted by Crippen LogP contribution is -2.28. The Morgan fingerprint density at radius 3 is 2.42 bits per heavy atom. The van der Waals surface area contributed by atoms with E-state index in [1.165, 1.54) is 12.1 Å². The van der Waals surface area contributed by atoms with Crippen molar-refractivity contribution in [3.05, 3.63) is 106 Å². The van der Waals surface area contributed by atoms with E-state index in [0.717, 1.165) is 16.8 Å². The van der Waals surface area contributed by atoms with Gasteiger partial charge < -0.3 is 0 Å². The van der Waals surface area contributed by atoms with Gasteiger partial charge in [0, 0.05) is 0 Å². The Morgan fingerprint density at radius 2 is 1.62 bits per heavy atom. The number of aromatic nitrogens is 2. The highest BCUT2D eigenvalue weighted by atomic mass is 19.1. The molecule has 0 amide bonds. The molecule has 2 heterocycles. The maximum absolute atomic E-state index is 13.5. The van der Waals surface area contributed by atoms with Gasteiger partial charge >= 0.3 is 0 Å². The highest BCUT2D eigenvalue weighted by molar-refractivity contribution is 5.79. The number of para-hydroxylation sites is 2. The van der Waals surface area contributed by atoms with Crippen molar-refractivity contribution >= 4 is 10.9 Å². The Kier molecular flexibility index (Phi) is 2.95. The number of nitrogens with zero attached hydrogens (tertiary/aromatic N) is 2. The van der Waals surface area contributed by atoms with Gasteiger partial charge in [0.25, 0.3) is 5.56 Å². The van der Waals surface area contributed by atoms with Crippen molar-refractivity contribution in [1.82, 2.24) is 9.55 Å². The molecule has 1 aromatic heterocycles. The molecule has 0 bridgehead atoms. The van der Waals surface area contributed by atoms with E-state index in [9.17, 15) is 9.18 Å². The summed E-state index contributed by atoms with van der Waals surface area (Å²) >= 11 is 0. The first kappa shape index (κ1) is 15.0. The van der Waals surface area contributed by atoms with Gasteiger partial charge in [0.05, 0.1) is 22.0 Å². The fourth-order valence-corrected chi connectivity index (χ4v) is 3.97. The first-order chi connectivity index (χ1) is 12.6. The molecule has 0 spiro atoms. The predicted octanol–water partition coefficient (Wildman–Crippen LogP) is 4.19. The van der Waals surface area contributed by atoms with Crippen molar-refractivity contribution in [1.29, 1.82) is 0 Å². The smallest absolute Gasteiger partial charge is 0.266 e. The van der Waals surface area contributed by atoms with Gasteiger partial charge in [0.1, 0.15) is 11.6 Å². The minimum absolute atomic E-state index is 0.0797. The monoisotopic (exact) mass is 342 g/mol. The molecular weight excluding hydrogens is 327 g/mol. The Labute approximate surface area is 149 Å². The van der Waals surface area contributed by atoms with Crippen molar-refractivity contribution in [2.45, 2.75) is 12.3 Å². The van der Waals surface area contributed by atoms with Gasteiger partial charge in [-0.1, -0.05) is 42.5 Å². The summed E-state index contributed by atoms with van der Waals surface area (Å²) in [6.07, 6.45) is 0. The Bertz CT molecular complexity index is 1230. The standard InChI is InChI=1S/C22H15FN2O/c1-22(14-10-12-15(23)13-11-14)17-7-3-5-9-19(17)25-20(26)16-6-2-4-8-18(16)24-21(22)25/h2-13H,1H3. The van der Waals surface area contributed by atoms with Gasteiger partial charge in [-0.15, -0.1) is 0 Å². The minimum atomic E-state index is -0.631. The van der Waals surface area contributed by atoms with Crippen molar-refractivity contribution in [3.63, 3.8) is 0 Å². The fraction of sp³-hybridized carbons (Fsp3) is 0.0909. The third-order valence-electron chi connectivity index (χ3n) is 5.33. The molecule has 1 atom stereocenters. The number of hydrogen-bond acceptors (Lipinski definition) is 2. The molecule has 0 N–H and O–H groups in total. The van der Waals surface area contributed by atoms with Crippen LogP contribution in [0.2, 0.25) is 0 Å². The van der Waals surface area contributed by atoms with Gasteiger partial charge in [0.15, 0.2) is 0 Å². The zero-order valence-electron chi connectivity index (χ0n) is 14.1. The molecule has 26 heavy (non-hydrogen) atoms. The van der Waals surface area contributed by atoms with Crippen LogP contribution in [0, 0.1) is 5.82 Å². The zero-order valence-corrected chi connectivity index (χ0v) is 14.1. The predicted molar refractivity (Wildman–Crippen MR) is 99.3 cm³/mol. The molecule has 3 nitrogen and oxygen atoms in total. The molecule has 126 valence electrons. The lowest BCUT2D eigenvalue weighted by atomic mass is 9.77. The van der Waals surface area contributed by atoms with Gasteiger partial charge in [-0.05, 0) is 48.4 Å². The third kappa shape index (κ3) is 1.81. The van der Waals surface area contributed by atoms with Crippen LogP contribution in [0.15, 0.2) is 77.6 Å². The molecule has 0 radical (unpaired) electrons. The quantitative estimate of drug-likeness (QED) is 0.520. The second-order valence-electron chi connectivity index (χ2n) is 6.74. The van der Waals surface area contributed by atoms with E-state index in [-0.39, 0.29) is 11.4 Å². The Hall–Kier alpha value is -3.27. The molecule has 0 aliphatic carbocycles. The molecule has 1 aliphatic heterocycles. The lowest BCUT2D eigenvalue weighted by Gasteiger charge is -2.25. The van der Waals surface area contributed by atoms with E-state index in [1.807, 2.05) is 49.4 Å². The second-order valence-corrected chi connectivity index (χ2v) is 6.74. The summed E-state index contributed by atoms with van der Waals surface area (Å²) in [5.74, 6) is 0.376. The van der Waals surface area contributed by atoms with Gasteiger partial charge in [-0.25, -0.2) is 9.37 Å². The van der Waals surface area contributed by atoms with Crippen LogP contribution >= 0.6 is 0 Å². The second kappa shape index (κ2) is 5.11. The number of fused-ring (bicyclic) bond motifs is 4. The topological polar surface area (TPSA) is 34.9 Å².